The number of likely N-dealkylation sites (N-methyl/N-ethyl adjacent to an activating group) is 1. The van der Waals surface area contributed by atoms with Crippen LogP contribution in [0.2, 0.25) is 0 Å². The summed E-state index contributed by atoms with van der Waals surface area (Å²) in [5, 5.41) is 0. The highest BCUT2D eigenvalue weighted by Crippen LogP contribution is 2.31. The Bertz CT molecular complexity index is 967. The van der Waals surface area contributed by atoms with Crippen LogP contribution in [0.3, 0.4) is 0 Å². The van der Waals surface area contributed by atoms with E-state index >= 15 is 0 Å². The van der Waals surface area contributed by atoms with Gasteiger partial charge in [0.15, 0.2) is 0 Å². The molecule has 0 bridgehead atoms. The second kappa shape index (κ2) is 6.07. The van der Waals surface area contributed by atoms with Crippen molar-refractivity contribution in [1.29, 1.82) is 0 Å². The number of hydrogen-bond acceptors (Lipinski definition) is 4. The van der Waals surface area contributed by atoms with E-state index < -0.39 is 10.0 Å². The summed E-state index contributed by atoms with van der Waals surface area (Å²) in [5.74, 6) is 0.665. The van der Waals surface area contributed by atoms with E-state index in [4.69, 9.17) is 4.74 Å². The molecule has 1 aliphatic heterocycles. The molecular weight excluding hydrogens is 340 g/mol. The maximum atomic E-state index is 12.7. The fraction of sp³-hybridized carbons (Fsp3) is 0.278. The Morgan fingerprint density at radius 1 is 1.12 bits per heavy atom. The molecule has 0 atom stereocenters. The molecule has 1 aliphatic rings. The first-order valence-electron chi connectivity index (χ1n) is 7.80. The molecule has 0 saturated carbocycles. The van der Waals surface area contributed by atoms with E-state index in [1.54, 1.807) is 38.4 Å². The Morgan fingerprint density at radius 3 is 2.52 bits per heavy atom. The molecule has 0 radical (unpaired) electrons. The molecule has 0 aliphatic carbocycles. The zero-order valence-corrected chi connectivity index (χ0v) is 15.4. The minimum atomic E-state index is -3.75. The average molecular weight is 360 g/mol. The van der Waals surface area contributed by atoms with Gasteiger partial charge in [-0.3, -0.25) is 9.52 Å². The molecule has 1 N–H and O–H groups in total. The van der Waals surface area contributed by atoms with Crippen LogP contribution >= 0.6 is 0 Å². The van der Waals surface area contributed by atoms with Crippen molar-refractivity contribution >= 4 is 27.3 Å². The predicted octanol–water partition coefficient (Wildman–Crippen LogP) is 2.63. The van der Waals surface area contributed by atoms with Gasteiger partial charge in [0.2, 0.25) is 5.91 Å². The first-order valence-corrected chi connectivity index (χ1v) is 9.29. The number of aryl methyl sites for hydroxylation is 2. The number of anilines is 2. The van der Waals surface area contributed by atoms with Crippen LogP contribution in [-0.2, 0) is 21.2 Å². The summed E-state index contributed by atoms with van der Waals surface area (Å²) >= 11 is 0. The van der Waals surface area contributed by atoms with Gasteiger partial charge in [0, 0.05) is 12.7 Å². The van der Waals surface area contributed by atoms with E-state index in [1.165, 1.54) is 11.0 Å². The SMILES string of the molecule is COc1cc(C)c(NS(=O)(=O)c2ccc3c(c2)CC(=O)N3C)cc1C. The van der Waals surface area contributed by atoms with Crippen molar-refractivity contribution < 1.29 is 17.9 Å². The van der Waals surface area contributed by atoms with E-state index in [0.717, 1.165) is 22.4 Å². The minimum Gasteiger partial charge on any atom is -0.496 e. The van der Waals surface area contributed by atoms with Crippen molar-refractivity contribution in [3.05, 3.63) is 47.0 Å². The maximum absolute atomic E-state index is 12.7. The van der Waals surface area contributed by atoms with Crippen molar-refractivity contribution in [2.24, 2.45) is 0 Å². The molecule has 7 heteroatoms. The van der Waals surface area contributed by atoms with Crippen LogP contribution in [0.4, 0.5) is 11.4 Å². The number of nitrogens with zero attached hydrogens (tertiary/aromatic N) is 1. The van der Waals surface area contributed by atoms with Crippen LogP contribution in [0.1, 0.15) is 16.7 Å². The summed E-state index contributed by atoms with van der Waals surface area (Å²) < 4.78 is 33.4. The number of sulfonamides is 1. The van der Waals surface area contributed by atoms with E-state index in [-0.39, 0.29) is 17.2 Å². The zero-order valence-electron chi connectivity index (χ0n) is 14.6. The lowest BCUT2D eigenvalue weighted by Gasteiger charge is -2.15. The lowest BCUT2D eigenvalue weighted by molar-refractivity contribution is -0.117. The highest BCUT2D eigenvalue weighted by molar-refractivity contribution is 7.92. The molecule has 0 saturated heterocycles. The van der Waals surface area contributed by atoms with E-state index in [9.17, 15) is 13.2 Å². The molecule has 0 unspecified atom stereocenters. The summed E-state index contributed by atoms with van der Waals surface area (Å²) in [6.07, 6.45) is 0.218. The highest BCUT2D eigenvalue weighted by Gasteiger charge is 2.26. The molecule has 2 aromatic carbocycles. The van der Waals surface area contributed by atoms with Gasteiger partial charge < -0.3 is 9.64 Å². The quantitative estimate of drug-likeness (QED) is 0.909. The molecular formula is C18H20N2O4S. The molecule has 3 rings (SSSR count). The van der Waals surface area contributed by atoms with Gasteiger partial charge in [-0.05, 0) is 60.9 Å². The van der Waals surface area contributed by atoms with Crippen LogP contribution in [0.25, 0.3) is 0 Å². The zero-order chi connectivity index (χ0) is 18.4. The Kier molecular flexibility index (Phi) is 4.20. The van der Waals surface area contributed by atoms with Crippen molar-refractivity contribution in [1.82, 2.24) is 0 Å². The normalized spacial score (nSPS) is 13.8. The molecule has 0 fully saturated rings. The van der Waals surface area contributed by atoms with Gasteiger partial charge in [-0.1, -0.05) is 0 Å². The largest absolute Gasteiger partial charge is 0.496 e. The molecule has 132 valence electrons. The van der Waals surface area contributed by atoms with Gasteiger partial charge in [0.05, 0.1) is 24.1 Å². The van der Waals surface area contributed by atoms with Crippen molar-refractivity contribution in [2.75, 3.05) is 23.8 Å². The molecule has 25 heavy (non-hydrogen) atoms. The molecule has 1 amide bonds. The van der Waals surface area contributed by atoms with Gasteiger partial charge in [-0.15, -0.1) is 0 Å². The summed E-state index contributed by atoms with van der Waals surface area (Å²) in [7, 11) is -0.487. The number of rotatable bonds is 4. The van der Waals surface area contributed by atoms with Crippen LogP contribution in [-0.4, -0.2) is 28.5 Å². The molecule has 0 aromatic heterocycles. The third-order valence-corrected chi connectivity index (χ3v) is 5.79. The Hall–Kier alpha value is -2.54. The maximum Gasteiger partial charge on any atom is 0.261 e. The number of carbonyl (C=O) groups excluding carboxylic acids is 1. The average Bonchev–Trinajstić information content (AvgIpc) is 2.84. The van der Waals surface area contributed by atoms with E-state index in [0.29, 0.717) is 11.4 Å². The van der Waals surface area contributed by atoms with E-state index in [1.807, 2.05) is 13.8 Å². The summed E-state index contributed by atoms with van der Waals surface area (Å²) in [6, 6.07) is 8.29. The van der Waals surface area contributed by atoms with Gasteiger partial charge in [0.1, 0.15) is 5.75 Å². The first kappa shape index (κ1) is 17.3. The van der Waals surface area contributed by atoms with Gasteiger partial charge in [-0.25, -0.2) is 8.42 Å². The van der Waals surface area contributed by atoms with Gasteiger partial charge in [0.25, 0.3) is 10.0 Å². The van der Waals surface area contributed by atoms with Gasteiger partial charge in [-0.2, -0.15) is 0 Å². The smallest absolute Gasteiger partial charge is 0.261 e. The number of methoxy groups -OCH3 is 1. The molecule has 0 spiro atoms. The fourth-order valence-corrected chi connectivity index (χ4v) is 4.11. The monoisotopic (exact) mass is 360 g/mol. The number of ether oxygens (including phenoxy) is 1. The number of fused-ring (bicyclic) bond motifs is 1. The second-order valence-electron chi connectivity index (χ2n) is 6.16. The fourth-order valence-electron chi connectivity index (χ4n) is 2.94. The number of nitrogens with one attached hydrogen (secondary N) is 1. The van der Waals surface area contributed by atoms with Crippen LogP contribution in [0, 0.1) is 13.8 Å². The minimum absolute atomic E-state index is 0.0425. The molecule has 2 aromatic rings. The topological polar surface area (TPSA) is 75.7 Å². The lowest BCUT2D eigenvalue weighted by Crippen LogP contribution is -2.20. The third-order valence-electron chi connectivity index (χ3n) is 4.42. The standard InChI is InChI=1S/C18H20N2O4S/c1-11-8-17(24-4)12(2)7-15(11)19-25(22,23)14-5-6-16-13(9-14)10-18(21)20(16)3/h5-9,19H,10H2,1-4H3. The molecule has 6 nitrogen and oxygen atoms in total. The number of carbonyl (C=O) groups is 1. The van der Waals surface area contributed by atoms with Crippen molar-refractivity contribution in [3.63, 3.8) is 0 Å². The van der Waals surface area contributed by atoms with E-state index in [2.05, 4.69) is 4.72 Å². The number of hydrogen-bond donors (Lipinski definition) is 1. The Labute approximate surface area is 147 Å². The third kappa shape index (κ3) is 3.07. The lowest BCUT2D eigenvalue weighted by atomic mass is 10.1. The van der Waals surface area contributed by atoms with Gasteiger partial charge >= 0.3 is 0 Å². The Morgan fingerprint density at radius 2 is 1.84 bits per heavy atom. The first-order chi connectivity index (χ1) is 11.7. The van der Waals surface area contributed by atoms with Crippen LogP contribution in [0.15, 0.2) is 35.2 Å². The summed E-state index contributed by atoms with van der Waals surface area (Å²) in [6.45, 7) is 3.67. The van der Waals surface area contributed by atoms with Crippen molar-refractivity contribution in [2.45, 2.75) is 25.2 Å². The number of benzene rings is 2. The summed E-state index contributed by atoms with van der Waals surface area (Å²) in [4.78, 5) is 13.5. The highest BCUT2D eigenvalue weighted by atomic mass is 32.2. The molecule has 1 heterocycles. The van der Waals surface area contributed by atoms with Crippen molar-refractivity contribution in [3.8, 4) is 5.75 Å². The number of amides is 1. The van der Waals surface area contributed by atoms with Crippen LogP contribution < -0.4 is 14.4 Å². The Balaban J connectivity index is 1.95. The predicted molar refractivity (Wildman–Crippen MR) is 96.8 cm³/mol. The summed E-state index contributed by atoms with van der Waals surface area (Å²) in [5.41, 5.74) is 3.58. The second-order valence-corrected chi connectivity index (χ2v) is 7.84. The van der Waals surface area contributed by atoms with Crippen LogP contribution in [0.5, 0.6) is 5.75 Å².